The summed E-state index contributed by atoms with van der Waals surface area (Å²) >= 11 is 0. The molecule has 2 heterocycles. The Morgan fingerprint density at radius 2 is 1.88 bits per heavy atom. The minimum Gasteiger partial charge on any atom is -0.395 e. The van der Waals surface area contributed by atoms with E-state index >= 15 is 0 Å². The highest BCUT2D eigenvalue weighted by Gasteiger charge is 2.21. The fourth-order valence-electron chi connectivity index (χ4n) is 2.79. The average molecular weight is 332 g/mol. The number of piperazine rings is 1. The summed E-state index contributed by atoms with van der Waals surface area (Å²) in [4.78, 5) is 16.1. The molecule has 2 N–H and O–H groups in total. The highest BCUT2D eigenvalue weighted by molar-refractivity contribution is 5.89. The van der Waals surface area contributed by atoms with E-state index in [0.717, 1.165) is 5.69 Å². The Morgan fingerprint density at radius 3 is 2.54 bits per heavy atom. The molecule has 7 heteroatoms. The van der Waals surface area contributed by atoms with Gasteiger partial charge >= 0.3 is 6.03 Å². The van der Waals surface area contributed by atoms with Gasteiger partial charge in [0.15, 0.2) is 0 Å². The van der Waals surface area contributed by atoms with Crippen molar-refractivity contribution in [3.63, 3.8) is 0 Å². The minimum absolute atomic E-state index is 0.115. The van der Waals surface area contributed by atoms with Crippen LogP contribution >= 0.6 is 0 Å². The van der Waals surface area contributed by atoms with E-state index in [0.29, 0.717) is 32.7 Å². The van der Waals surface area contributed by atoms with E-state index in [2.05, 4.69) is 10.2 Å². The van der Waals surface area contributed by atoms with E-state index < -0.39 is 5.82 Å². The molecule has 0 radical (unpaired) electrons. The normalized spacial score (nSPS) is 15.5. The monoisotopic (exact) mass is 332 g/mol. The zero-order chi connectivity index (χ0) is 16.9. The van der Waals surface area contributed by atoms with Crippen molar-refractivity contribution in [3.05, 3.63) is 48.5 Å². The number of amides is 2. The van der Waals surface area contributed by atoms with E-state index in [-0.39, 0.29) is 18.3 Å². The van der Waals surface area contributed by atoms with Crippen LogP contribution in [-0.2, 0) is 0 Å². The van der Waals surface area contributed by atoms with E-state index in [1.54, 1.807) is 17.0 Å². The molecule has 0 saturated carbocycles. The smallest absolute Gasteiger partial charge is 0.322 e. The average Bonchev–Trinajstić information content (AvgIpc) is 3.12. The summed E-state index contributed by atoms with van der Waals surface area (Å²) in [5.41, 5.74) is 0.952. The summed E-state index contributed by atoms with van der Waals surface area (Å²) in [5, 5.41) is 11.6. The third-order valence-electron chi connectivity index (χ3n) is 4.17. The van der Waals surface area contributed by atoms with Gasteiger partial charge in [-0.25, -0.2) is 9.18 Å². The van der Waals surface area contributed by atoms with Gasteiger partial charge in [0.2, 0.25) is 0 Å². The van der Waals surface area contributed by atoms with Gasteiger partial charge in [0.1, 0.15) is 5.82 Å². The Kier molecular flexibility index (Phi) is 5.12. The molecule has 0 unspecified atom stereocenters. The second kappa shape index (κ2) is 7.46. The molecule has 1 fully saturated rings. The van der Waals surface area contributed by atoms with Gasteiger partial charge in [-0.15, -0.1) is 0 Å². The second-order valence-electron chi connectivity index (χ2n) is 5.74. The molecule has 1 aliphatic rings. The van der Waals surface area contributed by atoms with Gasteiger partial charge in [-0.3, -0.25) is 4.90 Å². The molecule has 1 aromatic carbocycles. The van der Waals surface area contributed by atoms with Crippen molar-refractivity contribution in [1.82, 2.24) is 14.4 Å². The first-order valence-electron chi connectivity index (χ1n) is 7.99. The number of carbonyl (C=O) groups is 1. The lowest BCUT2D eigenvalue weighted by atomic mass is 10.2. The number of aliphatic hydroxyl groups excluding tert-OH is 1. The quantitative estimate of drug-likeness (QED) is 0.897. The van der Waals surface area contributed by atoms with Crippen LogP contribution in [0, 0.1) is 5.82 Å². The molecule has 0 bridgehead atoms. The number of anilines is 1. The van der Waals surface area contributed by atoms with E-state index in [1.165, 1.54) is 6.07 Å². The number of nitrogens with one attached hydrogen (secondary N) is 1. The van der Waals surface area contributed by atoms with Gasteiger partial charge in [0.25, 0.3) is 0 Å². The molecule has 128 valence electrons. The van der Waals surface area contributed by atoms with Gasteiger partial charge < -0.3 is 19.9 Å². The van der Waals surface area contributed by atoms with E-state index in [9.17, 15) is 9.18 Å². The fraction of sp³-hybridized carbons (Fsp3) is 0.353. The number of β-amino-alcohol motifs (C(OH)–C–C–N with tert-alkyl or cyclic N) is 1. The number of carbonyl (C=O) groups excluding carboxylic acids is 1. The van der Waals surface area contributed by atoms with Crippen molar-refractivity contribution >= 4 is 11.7 Å². The first kappa shape index (κ1) is 16.5. The molecule has 1 saturated heterocycles. The number of hydrogen-bond donors (Lipinski definition) is 2. The molecule has 0 atom stereocenters. The molecule has 0 spiro atoms. The van der Waals surface area contributed by atoms with Gasteiger partial charge in [0.05, 0.1) is 12.3 Å². The van der Waals surface area contributed by atoms with Gasteiger partial charge in [-0.2, -0.15) is 0 Å². The maximum atomic E-state index is 14.0. The maximum absolute atomic E-state index is 14.0. The van der Waals surface area contributed by atoms with Gasteiger partial charge in [-0.1, -0.05) is 0 Å². The summed E-state index contributed by atoms with van der Waals surface area (Å²) < 4.78 is 15.9. The molecular formula is C17H21FN4O2. The van der Waals surface area contributed by atoms with Crippen LogP contribution in [0.1, 0.15) is 0 Å². The van der Waals surface area contributed by atoms with Gasteiger partial charge in [-0.05, 0) is 30.3 Å². The molecule has 24 heavy (non-hydrogen) atoms. The molecule has 2 amide bonds. The topological polar surface area (TPSA) is 60.7 Å². The van der Waals surface area contributed by atoms with Crippen molar-refractivity contribution in [2.45, 2.75) is 0 Å². The number of halogens is 1. The summed E-state index contributed by atoms with van der Waals surface area (Å²) in [6.07, 6.45) is 3.72. The fourth-order valence-corrected chi connectivity index (χ4v) is 2.79. The largest absolute Gasteiger partial charge is 0.395 e. The highest BCUT2D eigenvalue weighted by Crippen LogP contribution is 2.20. The van der Waals surface area contributed by atoms with E-state index in [4.69, 9.17) is 5.11 Å². The lowest BCUT2D eigenvalue weighted by Crippen LogP contribution is -2.50. The molecule has 3 rings (SSSR count). The summed E-state index contributed by atoms with van der Waals surface area (Å²) in [7, 11) is 0. The van der Waals surface area contributed by atoms with Crippen molar-refractivity contribution < 1.29 is 14.3 Å². The van der Waals surface area contributed by atoms with Crippen LogP contribution in [0.25, 0.3) is 5.69 Å². The highest BCUT2D eigenvalue weighted by atomic mass is 19.1. The first-order chi connectivity index (χ1) is 11.7. The number of aromatic nitrogens is 1. The van der Waals surface area contributed by atoms with Crippen molar-refractivity contribution in [2.24, 2.45) is 0 Å². The molecule has 1 aliphatic heterocycles. The van der Waals surface area contributed by atoms with Crippen LogP contribution in [0.4, 0.5) is 14.9 Å². The minimum atomic E-state index is -0.460. The zero-order valence-electron chi connectivity index (χ0n) is 13.4. The lowest BCUT2D eigenvalue weighted by Gasteiger charge is -2.34. The van der Waals surface area contributed by atoms with Crippen molar-refractivity contribution in [1.29, 1.82) is 0 Å². The molecule has 6 nitrogen and oxygen atoms in total. The Bertz CT molecular complexity index is 682. The van der Waals surface area contributed by atoms with Gasteiger partial charge in [0, 0.05) is 50.8 Å². The van der Waals surface area contributed by atoms with E-state index in [1.807, 2.05) is 29.1 Å². The van der Waals surface area contributed by atoms with Crippen LogP contribution in [0.5, 0.6) is 0 Å². The first-order valence-corrected chi connectivity index (χ1v) is 7.99. The van der Waals surface area contributed by atoms with Crippen LogP contribution < -0.4 is 5.32 Å². The predicted octanol–water partition coefficient (Wildman–Crippen LogP) is 1.76. The van der Waals surface area contributed by atoms with Crippen LogP contribution in [-0.4, -0.2) is 64.8 Å². The zero-order valence-corrected chi connectivity index (χ0v) is 13.4. The number of hydrogen-bond acceptors (Lipinski definition) is 3. The second-order valence-corrected chi connectivity index (χ2v) is 5.74. The third-order valence-corrected chi connectivity index (χ3v) is 4.17. The third kappa shape index (κ3) is 3.74. The molecule has 1 aromatic heterocycles. The SMILES string of the molecule is O=C(Nc1cc(-n2cccc2)ccc1F)N1CCN(CCO)CC1. The Labute approximate surface area is 140 Å². The number of urea groups is 1. The number of aliphatic hydroxyl groups is 1. The molecular weight excluding hydrogens is 311 g/mol. The number of benzene rings is 1. The Hall–Kier alpha value is -2.38. The predicted molar refractivity (Wildman–Crippen MR) is 89.8 cm³/mol. The Balaban J connectivity index is 1.65. The maximum Gasteiger partial charge on any atom is 0.322 e. The van der Waals surface area contributed by atoms with Crippen LogP contribution in [0.3, 0.4) is 0 Å². The number of rotatable bonds is 4. The van der Waals surface area contributed by atoms with Crippen LogP contribution in [0.15, 0.2) is 42.7 Å². The van der Waals surface area contributed by atoms with Crippen molar-refractivity contribution in [3.8, 4) is 5.69 Å². The molecule has 2 aromatic rings. The lowest BCUT2D eigenvalue weighted by molar-refractivity contribution is 0.127. The molecule has 0 aliphatic carbocycles. The summed E-state index contributed by atoms with van der Waals surface area (Å²) in [5.74, 6) is -0.460. The number of nitrogens with zero attached hydrogens (tertiary/aromatic N) is 3. The standard InChI is InChI=1S/C17H21FN4O2/c18-15-4-3-14(21-5-1-2-6-21)13-16(15)19-17(24)22-9-7-20(8-10-22)11-12-23/h1-6,13,23H,7-12H2,(H,19,24). The van der Waals surface area contributed by atoms with Crippen LogP contribution in [0.2, 0.25) is 0 Å². The Morgan fingerprint density at radius 1 is 1.17 bits per heavy atom. The summed E-state index contributed by atoms with van der Waals surface area (Å²) in [6.45, 7) is 3.27. The summed E-state index contributed by atoms with van der Waals surface area (Å²) in [6, 6.07) is 8.10. The van der Waals surface area contributed by atoms with Crippen molar-refractivity contribution in [2.75, 3.05) is 44.6 Å².